The van der Waals surface area contributed by atoms with E-state index in [9.17, 15) is 9.59 Å². The minimum Gasteiger partial charge on any atom is -0.497 e. The Bertz CT molecular complexity index is 781. The van der Waals surface area contributed by atoms with Gasteiger partial charge in [0.25, 0.3) is 0 Å². The zero-order valence-electron chi connectivity index (χ0n) is 16.6. The fraction of sp³-hybridized carbons (Fsp3) is 0.450. The van der Waals surface area contributed by atoms with Crippen LogP contribution in [-0.4, -0.2) is 47.1 Å². The fourth-order valence-electron chi connectivity index (χ4n) is 3.23. The summed E-state index contributed by atoms with van der Waals surface area (Å²) in [6, 6.07) is 7.13. The molecule has 2 amide bonds. The van der Waals surface area contributed by atoms with E-state index in [1.165, 1.54) is 0 Å². The highest BCUT2D eigenvalue weighted by Crippen LogP contribution is 2.25. The van der Waals surface area contributed by atoms with E-state index in [1.807, 2.05) is 27.7 Å². The first kappa shape index (κ1) is 20.5. The number of ether oxygens (including phenoxy) is 1. The first-order valence-corrected chi connectivity index (χ1v) is 9.08. The Morgan fingerprint density at radius 2 is 2.07 bits per heavy atom. The van der Waals surface area contributed by atoms with Crippen LogP contribution in [0.2, 0.25) is 0 Å². The standard InChI is InChI=1S/C20H28N4O3/c1-6-24(12-18(25)21-16-8-7-9-17(11-16)27-5)19(26)10-13(2)20-14(3)22-23-15(20)4/h7-9,11,13H,6,10,12H2,1-5H3,(H,21,25)(H,22,23)/t13-/m1/s1. The summed E-state index contributed by atoms with van der Waals surface area (Å²) in [4.78, 5) is 26.6. The number of hydrogen-bond donors (Lipinski definition) is 2. The number of carbonyl (C=O) groups is 2. The third-order valence-electron chi connectivity index (χ3n) is 4.58. The van der Waals surface area contributed by atoms with Crippen molar-refractivity contribution in [2.75, 3.05) is 25.5 Å². The molecule has 7 heteroatoms. The van der Waals surface area contributed by atoms with Crippen molar-refractivity contribution in [1.82, 2.24) is 15.1 Å². The number of carbonyl (C=O) groups excluding carboxylic acids is 2. The summed E-state index contributed by atoms with van der Waals surface area (Å²) >= 11 is 0. The van der Waals surface area contributed by atoms with Crippen molar-refractivity contribution >= 4 is 17.5 Å². The van der Waals surface area contributed by atoms with Crippen LogP contribution >= 0.6 is 0 Å². The molecule has 146 valence electrons. The maximum absolute atomic E-state index is 12.7. The zero-order valence-corrected chi connectivity index (χ0v) is 16.6. The molecule has 7 nitrogen and oxygen atoms in total. The van der Waals surface area contributed by atoms with Gasteiger partial charge in [0.05, 0.1) is 19.3 Å². The summed E-state index contributed by atoms with van der Waals surface area (Å²) < 4.78 is 5.15. The third kappa shape index (κ3) is 5.32. The SMILES string of the molecule is CCN(CC(=O)Nc1cccc(OC)c1)C(=O)C[C@@H](C)c1c(C)n[nH]c1C. The molecular formula is C20H28N4O3. The van der Waals surface area contributed by atoms with Crippen molar-refractivity contribution in [3.05, 3.63) is 41.2 Å². The molecule has 0 aliphatic rings. The van der Waals surface area contributed by atoms with E-state index in [1.54, 1.807) is 36.3 Å². The van der Waals surface area contributed by atoms with Crippen LogP contribution in [0, 0.1) is 13.8 Å². The summed E-state index contributed by atoms with van der Waals surface area (Å²) in [5, 5.41) is 9.96. The van der Waals surface area contributed by atoms with E-state index in [0.717, 1.165) is 17.0 Å². The van der Waals surface area contributed by atoms with Crippen LogP contribution in [0.25, 0.3) is 0 Å². The smallest absolute Gasteiger partial charge is 0.243 e. The van der Waals surface area contributed by atoms with Gasteiger partial charge in [-0.2, -0.15) is 5.10 Å². The number of H-pyrrole nitrogens is 1. The number of aromatic amines is 1. The van der Waals surface area contributed by atoms with Crippen molar-refractivity contribution in [3.8, 4) is 5.75 Å². The fourth-order valence-corrected chi connectivity index (χ4v) is 3.23. The number of hydrogen-bond acceptors (Lipinski definition) is 4. The van der Waals surface area contributed by atoms with Crippen molar-refractivity contribution < 1.29 is 14.3 Å². The normalized spacial score (nSPS) is 11.7. The molecule has 2 rings (SSSR count). The number of benzene rings is 1. The van der Waals surface area contributed by atoms with Gasteiger partial charge in [-0.15, -0.1) is 0 Å². The van der Waals surface area contributed by atoms with Gasteiger partial charge in [-0.3, -0.25) is 14.7 Å². The van der Waals surface area contributed by atoms with Crippen LogP contribution in [0.15, 0.2) is 24.3 Å². The first-order valence-electron chi connectivity index (χ1n) is 9.08. The number of rotatable bonds is 8. The maximum Gasteiger partial charge on any atom is 0.243 e. The molecule has 0 aliphatic heterocycles. The van der Waals surface area contributed by atoms with E-state index >= 15 is 0 Å². The second kappa shape index (κ2) is 9.21. The Hall–Kier alpha value is -2.83. The highest BCUT2D eigenvalue weighted by molar-refractivity contribution is 5.94. The minimum atomic E-state index is -0.234. The summed E-state index contributed by atoms with van der Waals surface area (Å²) in [6.45, 7) is 8.25. The second-order valence-corrected chi connectivity index (χ2v) is 6.64. The van der Waals surface area contributed by atoms with Gasteiger partial charge in [-0.05, 0) is 44.4 Å². The van der Waals surface area contributed by atoms with Gasteiger partial charge in [0.15, 0.2) is 0 Å². The molecule has 27 heavy (non-hydrogen) atoms. The molecule has 1 atom stereocenters. The van der Waals surface area contributed by atoms with Gasteiger partial charge in [0.2, 0.25) is 11.8 Å². The predicted octanol–water partition coefficient (Wildman–Crippen LogP) is 3.02. The molecule has 0 fully saturated rings. The van der Waals surface area contributed by atoms with Crippen LogP contribution in [0.1, 0.15) is 43.1 Å². The lowest BCUT2D eigenvalue weighted by molar-refractivity contribution is -0.134. The van der Waals surface area contributed by atoms with Crippen molar-refractivity contribution in [1.29, 1.82) is 0 Å². The molecule has 1 heterocycles. The van der Waals surface area contributed by atoms with E-state index in [0.29, 0.717) is 24.4 Å². The topological polar surface area (TPSA) is 87.3 Å². The van der Waals surface area contributed by atoms with E-state index in [4.69, 9.17) is 4.74 Å². The first-order chi connectivity index (χ1) is 12.8. The van der Waals surface area contributed by atoms with Crippen molar-refractivity contribution in [2.24, 2.45) is 0 Å². The minimum absolute atomic E-state index is 0.0165. The van der Waals surface area contributed by atoms with E-state index in [-0.39, 0.29) is 24.3 Å². The molecule has 2 N–H and O–H groups in total. The zero-order chi connectivity index (χ0) is 20.0. The lowest BCUT2D eigenvalue weighted by Gasteiger charge is -2.22. The number of likely N-dealkylation sites (N-methyl/N-ethyl adjacent to an activating group) is 1. The molecule has 0 spiro atoms. The van der Waals surface area contributed by atoms with Crippen molar-refractivity contribution in [3.63, 3.8) is 0 Å². The highest BCUT2D eigenvalue weighted by Gasteiger charge is 2.22. The molecule has 0 saturated carbocycles. The molecular weight excluding hydrogens is 344 g/mol. The third-order valence-corrected chi connectivity index (χ3v) is 4.58. The molecule has 0 bridgehead atoms. The molecule has 2 aromatic rings. The number of methoxy groups -OCH3 is 1. The van der Waals surface area contributed by atoms with E-state index in [2.05, 4.69) is 15.5 Å². The number of aryl methyl sites for hydroxylation is 2. The quantitative estimate of drug-likeness (QED) is 0.746. The largest absolute Gasteiger partial charge is 0.497 e. The second-order valence-electron chi connectivity index (χ2n) is 6.64. The Morgan fingerprint density at radius 1 is 1.33 bits per heavy atom. The summed E-state index contributed by atoms with van der Waals surface area (Å²) in [5.74, 6) is 0.412. The van der Waals surface area contributed by atoms with E-state index < -0.39 is 0 Å². The molecule has 1 aromatic heterocycles. The Morgan fingerprint density at radius 3 is 2.67 bits per heavy atom. The highest BCUT2D eigenvalue weighted by atomic mass is 16.5. The molecule has 0 radical (unpaired) electrons. The predicted molar refractivity (Wildman–Crippen MR) is 105 cm³/mol. The van der Waals surface area contributed by atoms with Gasteiger partial charge in [-0.25, -0.2) is 0 Å². The van der Waals surface area contributed by atoms with Crippen LogP contribution in [0.3, 0.4) is 0 Å². The van der Waals surface area contributed by atoms with Crippen molar-refractivity contribution in [2.45, 2.75) is 40.0 Å². The maximum atomic E-state index is 12.7. The van der Waals surface area contributed by atoms with Gasteiger partial charge in [0, 0.05) is 30.4 Å². The lowest BCUT2D eigenvalue weighted by atomic mass is 9.95. The Kier molecular flexibility index (Phi) is 6.98. The number of nitrogens with one attached hydrogen (secondary N) is 2. The van der Waals surface area contributed by atoms with Gasteiger partial charge < -0.3 is 15.0 Å². The van der Waals surface area contributed by atoms with Crippen LogP contribution in [0.4, 0.5) is 5.69 Å². The molecule has 0 saturated heterocycles. The number of nitrogens with zero attached hydrogens (tertiary/aromatic N) is 2. The molecule has 0 unspecified atom stereocenters. The van der Waals surface area contributed by atoms with Crippen LogP contribution in [0.5, 0.6) is 5.75 Å². The lowest BCUT2D eigenvalue weighted by Crippen LogP contribution is -2.38. The Labute approximate surface area is 160 Å². The Balaban J connectivity index is 1.96. The van der Waals surface area contributed by atoms with Gasteiger partial charge in [0.1, 0.15) is 5.75 Å². The number of anilines is 1. The summed E-state index contributed by atoms with van der Waals surface area (Å²) in [7, 11) is 1.57. The number of aromatic nitrogens is 2. The van der Waals surface area contributed by atoms with Gasteiger partial charge >= 0.3 is 0 Å². The van der Waals surface area contributed by atoms with Crippen LogP contribution < -0.4 is 10.1 Å². The van der Waals surface area contributed by atoms with Crippen LogP contribution in [-0.2, 0) is 9.59 Å². The molecule has 0 aliphatic carbocycles. The average molecular weight is 372 g/mol. The van der Waals surface area contributed by atoms with Gasteiger partial charge in [-0.1, -0.05) is 13.0 Å². The number of amides is 2. The molecule has 1 aromatic carbocycles. The summed E-state index contributed by atoms with van der Waals surface area (Å²) in [5.41, 5.74) is 3.60. The summed E-state index contributed by atoms with van der Waals surface area (Å²) in [6.07, 6.45) is 0.335. The monoisotopic (exact) mass is 372 g/mol. The average Bonchev–Trinajstić information content (AvgIpc) is 2.98.